The minimum atomic E-state index is -0.656. The molecule has 0 aromatic heterocycles. The van der Waals surface area contributed by atoms with Crippen LogP contribution in [0.5, 0.6) is 0 Å². The highest BCUT2D eigenvalue weighted by Gasteiger charge is 2.16. The van der Waals surface area contributed by atoms with Crippen molar-refractivity contribution in [3.8, 4) is 0 Å². The smallest absolute Gasteiger partial charge is 0.251 e. The van der Waals surface area contributed by atoms with Gasteiger partial charge in [0.15, 0.2) is 0 Å². The maximum Gasteiger partial charge on any atom is 0.251 e. The average Bonchev–Trinajstić information content (AvgIpc) is 2.41. The third kappa shape index (κ3) is 4.71. The van der Waals surface area contributed by atoms with Crippen molar-refractivity contribution in [1.29, 1.82) is 0 Å². The van der Waals surface area contributed by atoms with Crippen LogP contribution in [0, 0.1) is 0 Å². The number of hydrogen-bond donors (Lipinski definition) is 3. The molecule has 6 nitrogen and oxygen atoms in total. The largest absolute Gasteiger partial charge is 0.398 e. The summed E-state index contributed by atoms with van der Waals surface area (Å²) < 4.78 is 4.82. The highest BCUT2D eigenvalue weighted by atomic mass is 35.5. The average molecular weight is 300 g/mol. The summed E-state index contributed by atoms with van der Waals surface area (Å²) in [5, 5.41) is 5.60. The summed E-state index contributed by atoms with van der Waals surface area (Å²) in [6.07, 6.45) is 0. The van der Waals surface area contributed by atoms with Gasteiger partial charge in [-0.1, -0.05) is 11.6 Å². The third-order valence-electron chi connectivity index (χ3n) is 2.60. The van der Waals surface area contributed by atoms with Gasteiger partial charge in [0.1, 0.15) is 6.04 Å². The molecule has 0 aliphatic carbocycles. The van der Waals surface area contributed by atoms with Gasteiger partial charge in [0, 0.05) is 19.2 Å². The first-order chi connectivity index (χ1) is 9.45. The second kappa shape index (κ2) is 7.72. The summed E-state index contributed by atoms with van der Waals surface area (Å²) in [6.45, 7) is 2.41. The molecule has 0 heterocycles. The molecule has 1 aromatic carbocycles. The Morgan fingerprint density at radius 3 is 2.75 bits per heavy atom. The van der Waals surface area contributed by atoms with Gasteiger partial charge in [-0.05, 0) is 25.1 Å². The second-order valence-corrected chi connectivity index (χ2v) is 4.62. The number of anilines is 1. The van der Waals surface area contributed by atoms with Crippen molar-refractivity contribution in [2.45, 2.75) is 13.0 Å². The molecule has 1 rings (SSSR count). The Hall–Kier alpha value is -1.79. The van der Waals surface area contributed by atoms with Crippen LogP contribution in [0.15, 0.2) is 18.2 Å². The molecule has 20 heavy (non-hydrogen) atoms. The van der Waals surface area contributed by atoms with Crippen molar-refractivity contribution < 1.29 is 14.3 Å². The number of benzene rings is 1. The van der Waals surface area contributed by atoms with Gasteiger partial charge >= 0.3 is 0 Å². The SMILES string of the molecule is COCCNC(=O)C(C)NC(=O)c1ccc(Cl)c(N)c1. The standard InChI is InChI=1S/C13H18ClN3O3/c1-8(12(18)16-5-6-20-2)17-13(19)9-3-4-10(14)11(15)7-9/h3-4,7-8H,5-6,15H2,1-2H3,(H,16,18)(H,17,19). The van der Waals surface area contributed by atoms with Crippen molar-refractivity contribution in [3.05, 3.63) is 28.8 Å². The van der Waals surface area contributed by atoms with E-state index in [1.807, 2.05) is 0 Å². The number of nitrogens with two attached hydrogens (primary N) is 1. The van der Waals surface area contributed by atoms with Crippen LogP contribution in [0.2, 0.25) is 5.02 Å². The molecule has 0 bridgehead atoms. The van der Waals surface area contributed by atoms with Crippen LogP contribution >= 0.6 is 11.6 Å². The number of methoxy groups -OCH3 is 1. The van der Waals surface area contributed by atoms with E-state index in [1.54, 1.807) is 20.1 Å². The zero-order chi connectivity index (χ0) is 15.1. The van der Waals surface area contributed by atoms with Crippen LogP contribution in [-0.4, -0.2) is 38.1 Å². The normalized spacial score (nSPS) is 11.8. The number of halogens is 1. The second-order valence-electron chi connectivity index (χ2n) is 4.22. The van der Waals surface area contributed by atoms with E-state index >= 15 is 0 Å². The van der Waals surface area contributed by atoms with Gasteiger partial charge in [-0.2, -0.15) is 0 Å². The molecule has 1 unspecified atom stereocenters. The van der Waals surface area contributed by atoms with Gasteiger partial charge in [-0.15, -0.1) is 0 Å². The third-order valence-corrected chi connectivity index (χ3v) is 2.95. The fourth-order valence-electron chi connectivity index (χ4n) is 1.46. The van der Waals surface area contributed by atoms with Crippen LogP contribution in [0.4, 0.5) is 5.69 Å². The maximum atomic E-state index is 11.9. The van der Waals surface area contributed by atoms with E-state index in [-0.39, 0.29) is 11.8 Å². The number of nitrogen functional groups attached to an aromatic ring is 1. The number of nitrogens with one attached hydrogen (secondary N) is 2. The summed E-state index contributed by atoms with van der Waals surface area (Å²) in [7, 11) is 1.54. The number of hydrogen-bond acceptors (Lipinski definition) is 4. The first kappa shape index (κ1) is 16.3. The molecule has 0 radical (unpaired) electrons. The Balaban J connectivity index is 2.56. The predicted molar refractivity (Wildman–Crippen MR) is 77.7 cm³/mol. The summed E-state index contributed by atoms with van der Waals surface area (Å²) >= 11 is 5.78. The molecule has 0 spiro atoms. The lowest BCUT2D eigenvalue weighted by molar-refractivity contribution is -0.122. The van der Waals surface area contributed by atoms with Gasteiger partial charge in [0.2, 0.25) is 5.91 Å². The first-order valence-electron chi connectivity index (χ1n) is 6.08. The van der Waals surface area contributed by atoms with Crippen molar-refractivity contribution >= 4 is 29.1 Å². The van der Waals surface area contributed by atoms with Crippen LogP contribution in [-0.2, 0) is 9.53 Å². The van der Waals surface area contributed by atoms with Gasteiger partial charge in [-0.25, -0.2) is 0 Å². The molecule has 0 saturated heterocycles. The van der Waals surface area contributed by atoms with E-state index in [4.69, 9.17) is 22.1 Å². The van der Waals surface area contributed by atoms with Crippen molar-refractivity contribution in [3.63, 3.8) is 0 Å². The number of carbonyl (C=O) groups excluding carboxylic acids is 2. The molecule has 2 amide bonds. The van der Waals surface area contributed by atoms with Crippen molar-refractivity contribution in [2.24, 2.45) is 0 Å². The van der Waals surface area contributed by atoms with E-state index < -0.39 is 6.04 Å². The highest BCUT2D eigenvalue weighted by Crippen LogP contribution is 2.19. The van der Waals surface area contributed by atoms with Crippen LogP contribution in [0.25, 0.3) is 0 Å². The topological polar surface area (TPSA) is 93.5 Å². The minimum absolute atomic E-state index is 0.280. The van der Waals surface area contributed by atoms with E-state index in [1.165, 1.54) is 12.1 Å². The van der Waals surface area contributed by atoms with Crippen molar-refractivity contribution in [2.75, 3.05) is 26.0 Å². The Bertz CT molecular complexity index is 494. The molecule has 0 saturated carbocycles. The highest BCUT2D eigenvalue weighted by molar-refractivity contribution is 6.33. The summed E-state index contributed by atoms with van der Waals surface area (Å²) in [6, 6.07) is 3.89. The maximum absolute atomic E-state index is 11.9. The molecule has 0 fully saturated rings. The first-order valence-corrected chi connectivity index (χ1v) is 6.46. The monoisotopic (exact) mass is 299 g/mol. The number of ether oxygens (including phenoxy) is 1. The lowest BCUT2D eigenvalue weighted by Gasteiger charge is -2.14. The Kier molecular flexibility index (Phi) is 6.27. The number of rotatable bonds is 6. The number of amides is 2. The Morgan fingerprint density at radius 1 is 1.45 bits per heavy atom. The van der Waals surface area contributed by atoms with E-state index in [2.05, 4.69) is 10.6 Å². The van der Waals surface area contributed by atoms with Crippen LogP contribution in [0.3, 0.4) is 0 Å². The van der Waals surface area contributed by atoms with Gasteiger partial charge in [0.25, 0.3) is 5.91 Å². The molecule has 1 atom stereocenters. The van der Waals surface area contributed by atoms with Gasteiger partial charge in [-0.3, -0.25) is 9.59 Å². The fourth-order valence-corrected chi connectivity index (χ4v) is 1.58. The molecule has 4 N–H and O–H groups in total. The Labute approximate surface area is 122 Å². The van der Waals surface area contributed by atoms with E-state index in [9.17, 15) is 9.59 Å². The lowest BCUT2D eigenvalue weighted by atomic mass is 10.1. The quantitative estimate of drug-likeness (QED) is 0.535. The van der Waals surface area contributed by atoms with E-state index in [0.29, 0.717) is 29.4 Å². The number of carbonyl (C=O) groups is 2. The van der Waals surface area contributed by atoms with Crippen LogP contribution in [0.1, 0.15) is 17.3 Å². The summed E-state index contributed by atoms with van der Waals surface area (Å²) in [5.41, 5.74) is 6.29. The van der Waals surface area contributed by atoms with Gasteiger partial charge in [0.05, 0.1) is 17.3 Å². The molecule has 7 heteroatoms. The zero-order valence-corrected chi connectivity index (χ0v) is 12.2. The fraction of sp³-hybridized carbons (Fsp3) is 0.385. The molecule has 0 aliphatic heterocycles. The lowest BCUT2D eigenvalue weighted by Crippen LogP contribution is -2.45. The summed E-state index contributed by atoms with van der Waals surface area (Å²) in [5.74, 6) is -0.667. The van der Waals surface area contributed by atoms with Crippen molar-refractivity contribution in [1.82, 2.24) is 10.6 Å². The molecule has 0 aliphatic rings. The molecular weight excluding hydrogens is 282 g/mol. The predicted octanol–water partition coefficient (Wildman–Crippen LogP) is 0.803. The summed E-state index contributed by atoms with van der Waals surface area (Å²) in [4.78, 5) is 23.6. The Morgan fingerprint density at radius 2 is 2.15 bits per heavy atom. The molecular formula is C13H18ClN3O3. The van der Waals surface area contributed by atoms with E-state index in [0.717, 1.165) is 0 Å². The molecule has 1 aromatic rings. The van der Waals surface area contributed by atoms with Crippen LogP contribution < -0.4 is 16.4 Å². The zero-order valence-electron chi connectivity index (χ0n) is 11.4. The van der Waals surface area contributed by atoms with Gasteiger partial charge < -0.3 is 21.1 Å². The molecule has 110 valence electrons. The minimum Gasteiger partial charge on any atom is -0.398 e.